The molecule has 5 nitrogen and oxygen atoms in total. The van der Waals surface area contributed by atoms with Crippen LogP contribution in [0.25, 0.3) is 107 Å². The molecule has 10 aromatic rings. The minimum Gasteiger partial charge on any atom is -0.454 e. The fraction of sp³-hybridized carbons (Fsp3) is 0.127. The maximum Gasteiger partial charge on any atom is 0.153 e. The van der Waals surface area contributed by atoms with Crippen LogP contribution in [-0.2, 0) is 0 Å². The molecule has 6 aromatic carbocycles. The molecule has 0 aliphatic heterocycles. The summed E-state index contributed by atoms with van der Waals surface area (Å²) in [4.78, 5) is 4.60. The normalized spacial score (nSPS) is 14.2. The van der Waals surface area contributed by atoms with Crippen molar-refractivity contribution in [3.8, 4) is 27.9 Å². The van der Waals surface area contributed by atoms with Gasteiger partial charge in [-0.15, -0.1) is 0 Å². The van der Waals surface area contributed by atoms with E-state index in [1.165, 1.54) is 68.9 Å². The Morgan fingerprint density at radius 3 is 2.35 bits per heavy atom. The van der Waals surface area contributed by atoms with Gasteiger partial charge in [-0.3, -0.25) is 4.98 Å². The minimum absolute atomic E-state index is 0.306. The minimum atomic E-state index is -0.306. The first kappa shape index (κ1) is 42.6. The van der Waals surface area contributed by atoms with Crippen molar-refractivity contribution in [2.24, 2.45) is 5.73 Å². The molecule has 1 aliphatic rings. The zero-order valence-electron chi connectivity index (χ0n) is 38.9. The van der Waals surface area contributed by atoms with E-state index in [2.05, 4.69) is 188 Å². The molecule has 4 aromatic heterocycles. The summed E-state index contributed by atoms with van der Waals surface area (Å²) in [5, 5.41) is 4.62. The van der Waals surface area contributed by atoms with Crippen LogP contribution in [0, 0.1) is 6.92 Å². The molecule has 1 aliphatic carbocycles. The SMILES string of the molecule is C=C/C=C\C=C/n1c2ccccc2c2cc(-c3ccc4c(c3)c(C=C)c(/C=C\C)n4-c3ccc(C4CCC4)c(-c4cc(C(N)/C=C(\C)c5ccc6oc7cccnc7c6c5)ccc4C)c3)ccc21. The van der Waals surface area contributed by atoms with E-state index >= 15 is 0 Å². The van der Waals surface area contributed by atoms with Gasteiger partial charge in [0.15, 0.2) is 5.58 Å². The lowest BCUT2D eigenvalue weighted by atomic mass is 9.76. The number of para-hydroxylation sites is 1. The first-order chi connectivity index (χ1) is 33.3. The Hall–Kier alpha value is -7.99. The zero-order chi connectivity index (χ0) is 46.5. The fourth-order valence-corrected chi connectivity index (χ4v) is 10.4. The second kappa shape index (κ2) is 17.7. The molecule has 5 heteroatoms. The molecule has 0 saturated heterocycles. The molecule has 1 unspecified atom stereocenters. The Morgan fingerprint density at radius 2 is 1.56 bits per heavy atom. The Balaban J connectivity index is 0.993. The molecule has 332 valence electrons. The van der Waals surface area contributed by atoms with E-state index in [1.54, 1.807) is 6.08 Å². The quantitative estimate of drug-likeness (QED) is 0.124. The number of nitrogens with zero attached hydrogens (tertiary/aromatic N) is 3. The molecule has 1 saturated carbocycles. The molecular formula is C63H54N4O. The molecule has 1 atom stereocenters. The standard InChI is InChI=1S/C63H54N4O/c1-6-9-10-13-33-66-57-20-12-11-19-50(57)54-37-44(24-29-58(54)66)45-25-30-60-53(36-45)48(8-3)59(16-7-2)67(60)47-27-28-49(42-17-14-18-42)52(39-47)51-38-46(23-22-40(51)4)56(64)34-41(5)43-26-31-61-55(35-43)63-62(68-61)21-15-32-65-63/h6-13,15-16,19-39,42,56H,1,3,14,17-18,64H2,2,4-5H3/b10-9-,16-7-,33-13-,41-34+. The smallest absolute Gasteiger partial charge is 0.153 e. The lowest BCUT2D eigenvalue weighted by molar-refractivity contribution is 0.420. The van der Waals surface area contributed by atoms with Crippen LogP contribution in [0.5, 0.6) is 0 Å². The van der Waals surface area contributed by atoms with E-state index in [4.69, 9.17) is 10.2 Å². The number of pyridine rings is 1. The number of benzene rings is 6. The summed E-state index contributed by atoms with van der Waals surface area (Å²) in [7, 11) is 0. The number of aryl methyl sites for hydroxylation is 1. The zero-order valence-corrected chi connectivity index (χ0v) is 38.9. The van der Waals surface area contributed by atoms with Crippen molar-refractivity contribution in [2.75, 3.05) is 0 Å². The van der Waals surface area contributed by atoms with E-state index in [1.807, 2.05) is 42.6 Å². The van der Waals surface area contributed by atoms with Crippen molar-refractivity contribution in [3.05, 3.63) is 217 Å². The summed E-state index contributed by atoms with van der Waals surface area (Å²) < 4.78 is 10.7. The summed E-state index contributed by atoms with van der Waals surface area (Å²) in [6, 6.07) is 46.1. The number of hydrogen-bond donors (Lipinski definition) is 1. The molecule has 1 fully saturated rings. The van der Waals surface area contributed by atoms with Gasteiger partial charge >= 0.3 is 0 Å². The monoisotopic (exact) mass is 882 g/mol. The average Bonchev–Trinajstić information content (AvgIpc) is 3.99. The van der Waals surface area contributed by atoms with Crippen LogP contribution < -0.4 is 5.73 Å². The maximum absolute atomic E-state index is 7.10. The molecule has 0 spiro atoms. The predicted octanol–water partition coefficient (Wildman–Crippen LogP) is 16.9. The molecule has 68 heavy (non-hydrogen) atoms. The number of rotatable bonds is 12. The maximum atomic E-state index is 7.10. The van der Waals surface area contributed by atoms with Gasteiger partial charge in [-0.2, -0.15) is 0 Å². The Bertz CT molecular complexity index is 3760. The molecule has 0 bridgehead atoms. The molecule has 2 N–H and O–H groups in total. The van der Waals surface area contributed by atoms with Crippen molar-refractivity contribution in [1.82, 2.24) is 14.1 Å². The third kappa shape index (κ3) is 7.36. The number of aromatic nitrogens is 3. The summed E-state index contributed by atoms with van der Waals surface area (Å²) in [5.41, 5.74) is 27.2. The van der Waals surface area contributed by atoms with Gasteiger partial charge in [0.1, 0.15) is 11.1 Å². The molecule has 0 radical (unpaired) electrons. The van der Waals surface area contributed by atoms with Crippen LogP contribution in [-0.4, -0.2) is 14.1 Å². The topological polar surface area (TPSA) is 61.9 Å². The van der Waals surface area contributed by atoms with Crippen molar-refractivity contribution >= 4 is 78.7 Å². The lowest BCUT2D eigenvalue weighted by Crippen LogP contribution is -2.12. The Morgan fingerprint density at radius 1 is 0.750 bits per heavy atom. The number of nitrogens with two attached hydrogens (primary N) is 1. The predicted molar refractivity (Wildman–Crippen MR) is 290 cm³/mol. The average molecular weight is 883 g/mol. The van der Waals surface area contributed by atoms with Crippen molar-refractivity contribution in [2.45, 2.75) is 52.0 Å². The van der Waals surface area contributed by atoms with E-state index in [0.717, 1.165) is 72.2 Å². The van der Waals surface area contributed by atoms with Gasteiger partial charge in [-0.1, -0.05) is 111 Å². The second-order valence-electron chi connectivity index (χ2n) is 18.2. The summed E-state index contributed by atoms with van der Waals surface area (Å²) in [5.74, 6) is 0.528. The first-order valence-corrected chi connectivity index (χ1v) is 23.7. The Kier molecular flexibility index (Phi) is 11.1. The van der Waals surface area contributed by atoms with Gasteiger partial charge in [0.25, 0.3) is 0 Å². The van der Waals surface area contributed by atoms with Crippen LogP contribution in [0.2, 0.25) is 0 Å². The van der Waals surface area contributed by atoms with E-state index in [9.17, 15) is 0 Å². The number of hydrogen-bond acceptors (Lipinski definition) is 3. The van der Waals surface area contributed by atoms with Crippen molar-refractivity contribution in [1.29, 1.82) is 0 Å². The number of furan rings is 1. The third-order valence-corrected chi connectivity index (χ3v) is 14.1. The van der Waals surface area contributed by atoms with Crippen LogP contribution >= 0.6 is 0 Å². The third-order valence-electron chi connectivity index (χ3n) is 14.1. The Labute approximate surface area is 397 Å². The fourth-order valence-electron chi connectivity index (χ4n) is 10.4. The first-order valence-electron chi connectivity index (χ1n) is 23.7. The van der Waals surface area contributed by atoms with E-state index < -0.39 is 0 Å². The van der Waals surface area contributed by atoms with Crippen LogP contribution in [0.1, 0.15) is 78.6 Å². The molecule has 11 rings (SSSR count). The van der Waals surface area contributed by atoms with Crippen LogP contribution in [0.4, 0.5) is 0 Å². The van der Waals surface area contributed by atoms with Crippen molar-refractivity contribution < 1.29 is 4.42 Å². The van der Waals surface area contributed by atoms with Crippen molar-refractivity contribution in [3.63, 3.8) is 0 Å². The van der Waals surface area contributed by atoms with Crippen LogP contribution in [0.15, 0.2) is 188 Å². The van der Waals surface area contributed by atoms with E-state index in [0.29, 0.717) is 5.92 Å². The summed E-state index contributed by atoms with van der Waals surface area (Å²) in [6.45, 7) is 14.6. The highest BCUT2D eigenvalue weighted by Crippen LogP contribution is 2.45. The highest BCUT2D eigenvalue weighted by atomic mass is 16.3. The second-order valence-corrected chi connectivity index (χ2v) is 18.2. The number of allylic oxidation sites excluding steroid dienone is 6. The number of fused-ring (bicyclic) bond motifs is 7. The summed E-state index contributed by atoms with van der Waals surface area (Å²) in [6.07, 6.45) is 23.9. The summed E-state index contributed by atoms with van der Waals surface area (Å²) >= 11 is 0. The molecule has 4 heterocycles. The highest BCUT2D eigenvalue weighted by Gasteiger charge is 2.25. The van der Waals surface area contributed by atoms with Crippen LogP contribution in [0.3, 0.4) is 0 Å². The van der Waals surface area contributed by atoms with Gasteiger partial charge in [0.2, 0.25) is 0 Å². The lowest BCUT2D eigenvalue weighted by Gasteiger charge is -2.29. The van der Waals surface area contributed by atoms with Gasteiger partial charge in [-0.05, 0) is 175 Å². The highest BCUT2D eigenvalue weighted by molar-refractivity contribution is 6.11. The van der Waals surface area contributed by atoms with Gasteiger partial charge in [-0.25, -0.2) is 0 Å². The largest absolute Gasteiger partial charge is 0.454 e. The van der Waals surface area contributed by atoms with Gasteiger partial charge < -0.3 is 19.3 Å². The molecular weight excluding hydrogens is 829 g/mol. The van der Waals surface area contributed by atoms with Gasteiger partial charge in [0, 0.05) is 51.2 Å². The van der Waals surface area contributed by atoms with Gasteiger partial charge in [0.05, 0.1) is 22.2 Å². The van der Waals surface area contributed by atoms with E-state index in [-0.39, 0.29) is 6.04 Å². The molecule has 0 amide bonds.